The molecule has 3 nitrogen and oxygen atoms in total. The first-order valence-electron chi connectivity index (χ1n) is 3.61. The van der Waals surface area contributed by atoms with Crippen LogP contribution in [-0.2, 0) is 4.79 Å². The molecule has 0 aromatic carbocycles. The summed E-state index contributed by atoms with van der Waals surface area (Å²) < 4.78 is 1.87. The highest BCUT2D eigenvalue weighted by atomic mass is 16.4. The molecule has 0 saturated carbocycles. The van der Waals surface area contributed by atoms with Crippen molar-refractivity contribution in [1.29, 1.82) is 0 Å². The summed E-state index contributed by atoms with van der Waals surface area (Å²) in [5, 5.41) is 8.37. The van der Waals surface area contributed by atoms with Crippen molar-refractivity contribution in [2.45, 2.75) is 19.3 Å². The van der Waals surface area contributed by atoms with Gasteiger partial charge >= 0.3 is 5.97 Å². The molecule has 1 N–H and O–H groups in total. The molecule has 0 amide bonds. The van der Waals surface area contributed by atoms with Gasteiger partial charge in [0.15, 0.2) is 0 Å². The second-order valence-electron chi connectivity index (χ2n) is 2.56. The van der Waals surface area contributed by atoms with E-state index in [4.69, 9.17) is 5.11 Å². The topological polar surface area (TPSA) is 40.3 Å². The minimum atomic E-state index is -0.832. The van der Waals surface area contributed by atoms with E-state index in [1.54, 1.807) is 0 Å². The quantitative estimate of drug-likeness (QED) is 0.536. The third kappa shape index (κ3) is 2.17. The lowest BCUT2D eigenvalue weighted by Gasteiger charge is -2.07. The number of carboxylic acids is 1. The summed E-state index contributed by atoms with van der Waals surface area (Å²) in [6, 6.07) is 0. The Hall–Kier alpha value is -0.860. The molecule has 1 heterocycles. The van der Waals surface area contributed by atoms with Crippen molar-refractivity contribution in [3.05, 3.63) is 0 Å². The number of aliphatic carboxylic acids is 1. The van der Waals surface area contributed by atoms with E-state index in [0.29, 0.717) is 0 Å². The van der Waals surface area contributed by atoms with Crippen molar-refractivity contribution in [3.63, 3.8) is 0 Å². The first-order chi connectivity index (χ1) is 4.79. The Morgan fingerprint density at radius 2 is 1.90 bits per heavy atom. The Morgan fingerprint density at radius 3 is 2.40 bits per heavy atom. The van der Waals surface area contributed by atoms with Gasteiger partial charge in [-0.3, -0.25) is 0 Å². The minimum Gasteiger partial charge on any atom is -0.474 e. The fraction of sp³-hybridized carbons (Fsp3) is 0.714. The number of piperidine rings is 1. The van der Waals surface area contributed by atoms with E-state index in [2.05, 4.69) is 0 Å². The van der Waals surface area contributed by atoms with Crippen molar-refractivity contribution >= 4 is 12.2 Å². The van der Waals surface area contributed by atoms with Gasteiger partial charge in [-0.15, -0.1) is 0 Å². The molecule has 0 atom stereocenters. The van der Waals surface area contributed by atoms with Gasteiger partial charge in [0, 0.05) is 12.8 Å². The normalized spacial score (nSPS) is 18.6. The molecular formula is C7H12NO2+. The summed E-state index contributed by atoms with van der Waals surface area (Å²) in [6.07, 6.45) is 4.77. The van der Waals surface area contributed by atoms with Crippen LogP contribution in [0.5, 0.6) is 0 Å². The third-order valence-electron chi connectivity index (χ3n) is 1.68. The van der Waals surface area contributed by atoms with E-state index in [9.17, 15) is 4.79 Å². The molecule has 1 aliphatic heterocycles. The first-order valence-corrected chi connectivity index (χ1v) is 3.61. The van der Waals surface area contributed by atoms with E-state index in [-0.39, 0.29) is 0 Å². The number of hydrogen-bond donors (Lipinski definition) is 1. The summed E-state index contributed by atoms with van der Waals surface area (Å²) in [4.78, 5) is 10.2. The van der Waals surface area contributed by atoms with E-state index < -0.39 is 5.97 Å². The van der Waals surface area contributed by atoms with Crippen molar-refractivity contribution in [3.8, 4) is 0 Å². The Balaban J connectivity index is 2.45. The summed E-state index contributed by atoms with van der Waals surface area (Å²) in [6.45, 7) is 1.82. The van der Waals surface area contributed by atoms with Gasteiger partial charge in [-0.05, 0) is 6.42 Å². The Labute approximate surface area is 60.0 Å². The molecule has 1 fully saturated rings. The molecule has 3 heteroatoms. The van der Waals surface area contributed by atoms with Gasteiger partial charge in [0.1, 0.15) is 13.1 Å². The molecule has 0 radical (unpaired) electrons. The molecule has 0 spiro atoms. The number of rotatable bonds is 1. The maximum absolute atomic E-state index is 10.2. The monoisotopic (exact) mass is 142 g/mol. The molecule has 1 rings (SSSR count). The fourth-order valence-corrected chi connectivity index (χ4v) is 1.20. The maximum Gasteiger partial charge on any atom is 0.392 e. The highest BCUT2D eigenvalue weighted by Crippen LogP contribution is 2.02. The molecule has 1 aliphatic rings. The van der Waals surface area contributed by atoms with E-state index in [1.165, 1.54) is 12.6 Å². The highest BCUT2D eigenvalue weighted by Gasteiger charge is 2.11. The van der Waals surface area contributed by atoms with Crippen LogP contribution in [0.2, 0.25) is 0 Å². The van der Waals surface area contributed by atoms with Gasteiger partial charge in [-0.25, -0.2) is 9.37 Å². The van der Waals surface area contributed by atoms with Gasteiger partial charge in [0.2, 0.25) is 6.21 Å². The van der Waals surface area contributed by atoms with Crippen molar-refractivity contribution < 1.29 is 14.5 Å². The van der Waals surface area contributed by atoms with Crippen molar-refractivity contribution in [2.75, 3.05) is 13.1 Å². The molecular weight excluding hydrogens is 130 g/mol. The van der Waals surface area contributed by atoms with Crippen LogP contribution >= 0.6 is 0 Å². The largest absolute Gasteiger partial charge is 0.474 e. The van der Waals surface area contributed by atoms with Crippen LogP contribution in [0, 0.1) is 0 Å². The second kappa shape index (κ2) is 3.34. The Bertz CT molecular complexity index is 155. The van der Waals surface area contributed by atoms with E-state index in [1.807, 2.05) is 4.58 Å². The van der Waals surface area contributed by atoms with Gasteiger partial charge in [-0.1, -0.05) is 0 Å². The first kappa shape index (κ1) is 7.25. The maximum atomic E-state index is 10.2. The van der Waals surface area contributed by atoms with Crippen LogP contribution in [0.1, 0.15) is 19.3 Å². The molecule has 1 saturated heterocycles. The molecule has 0 aromatic heterocycles. The highest BCUT2D eigenvalue weighted by molar-refractivity contribution is 6.19. The molecule has 0 unspecified atom stereocenters. The number of nitrogens with zero attached hydrogens (tertiary/aromatic N) is 1. The van der Waals surface area contributed by atoms with Crippen LogP contribution in [0.3, 0.4) is 0 Å². The molecule has 10 heavy (non-hydrogen) atoms. The fourth-order valence-electron chi connectivity index (χ4n) is 1.20. The zero-order valence-electron chi connectivity index (χ0n) is 5.92. The summed E-state index contributed by atoms with van der Waals surface area (Å²) in [5.74, 6) is -0.832. The Kier molecular flexibility index (Phi) is 2.42. The Morgan fingerprint density at radius 1 is 1.30 bits per heavy atom. The molecule has 56 valence electrons. The predicted molar refractivity (Wildman–Crippen MR) is 37.5 cm³/mol. The third-order valence-corrected chi connectivity index (χ3v) is 1.68. The van der Waals surface area contributed by atoms with Gasteiger partial charge in [-0.2, -0.15) is 0 Å². The lowest BCUT2D eigenvalue weighted by atomic mass is 10.2. The SMILES string of the molecule is O=C(O)C=[N+]1CCCCC1. The summed E-state index contributed by atoms with van der Waals surface area (Å²) in [5.41, 5.74) is 0. The molecule has 0 bridgehead atoms. The lowest BCUT2D eigenvalue weighted by molar-refractivity contribution is -0.532. The van der Waals surface area contributed by atoms with E-state index in [0.717, 1.165) is 25.9 Å². The zero-order valence-corrected chi connectivity index (χ0v) is 5.92. The minimum absolute atomic E-state index is 0.832. The second-order valence-corrected chi connectivity index (χ2v) is 2.56. The lowest BCUT2D eigenvalue weighted by Crippen LogP contribution is -2.23. The number of carbonyl (C=O) groups is 1. The standard InChI is InChI=1S/C7H11NO2/c9-7(10)6-8-4-2-1-3-5-8/h6H,1-5H2/p+1. The average molecular weight is 142 g/mol. The van der Waals surface area contributed by atoms with Gasteiger partial charge in [0.25, 0.3) is 0 Å². The number of hydrogen-bond acceptors (Lipinski definition) is 1. The smallest absolute Gasteiger partial charge is 0.392 e. The van der Waals surface area contributed by atoms with Crippen LogP contribution in [0.15, 0.2) is 0 Å². The van der Waals surface area contributed by atoms with Crippen LogP contribution in [0.4, 0.5) is 0 Å². The summed E-state index contributed by atoms with van der Waals surface area (Å²) in [7, 11) is 0. The predicted octanol–water partition coefficient (Wildman–Crippen LogP) is 0.338. The zero-order chi connectivity index (χ0) is 7.40. The van der Waals surface area contributed by atoms with Crippen LogP contribution < -0.4 is 0 Å². The van der Waals surface area contributed by atoms with Gasteiger partial charge < -0.3 is 5.11 Å². The van der Waals surface area contributed by atoms with Crippen LogP contribution in [0.25, 0.3) is 0 Å². The molecule has 0 aromatic rings. The summed E-state index contributed by atoms with van der Waals surface area (Å²) >= 11 is 0. The van der Waals surface area contributed by atoms with Crippen LogP contribution in [-0.4, -0.2) is 35.0 Å². The van der Waals surface area contributed by atoms with Crippen molar-refractivity contribution in [2.24, 2.45) is 0 Å². The van der Waals surface area contributed by atoms with Crippen molar-refractivity contribution in [1.82, 2.24) is 0 Å². The van der Waals surface area contributed by atoms with Gasteiger partial charge in [0.05, 0.1) is 0 Å². The number of carboxylic acid groups (broad SMARTS) is 1. The average Bonchev–Trinajstić information content (AvgIpc) is 1.88. The van der Waals surface area contributed by atoms with E-state index >= 15 is 0 Å². The molecule has 0 aliphatic carbocycles.